The molecule has 0 heterocycles. The van der Waals surface area contributed by atoms with E-state index in [1.807, 2.05) is 55.5 Å². The molecule has 0 unspecified atom stereocenters. The predicted octanol–water partition coefficient (Wildman–Crippen LogP) is 6.33. The molecule has 0 amide bonds. The topological polar surface area (TPSA) is 55.8 Å². The normalized spacial score (nSPS) is 10.7. The lowest BCUT2D eigenvalue weighted by Crippen LogP contribution is -2.04. The first-order valence-corrected chi connectivity index (χ1v) is 10.3. The Balaban J connectivity index is 1.50. The molecule has 0 bridgehead atoms. The maximum atomic E-state index is 12.1. The van der Waals surface area contributed by atoms with Crippen molar-refractivity contribution >= 4 is 12.0 Å². The highest BCUT2D eigenvalue weighted by Gasteiger charge is 2.03. The Morgan fingerprint density at radius 1 is 0.906 bits per heavy atom. The van der Waals surface area contributed by atoms with Crippen molar-refractivity contribution in [2.75, 3.05) is 6.61 Å². The van der Waals surface area contributed by atoms with Gasteiger partial charge in [0.2, 0.25) is 0 Å². The van der Waals surface area contributed by atoms with E-state index < -0.39 is 5.97 Å². The molecule has 0 atom stereocenters. The lowest BCUT2D eigenvalue weighted by molar-refractivity contribution is -0.128. The van der Waals surface area contributed by atoms with Gasteiger partial charge in [0.1, 0.15) is 17.3 Å². The maximum Gasteiger partial charge on any atom is 0.336 e. The van der Waals surface area contributed by atoms with Crippen molar-refractivity contribution in [1.29, 1.82) is 0 Å². The van der Waals surface area contributed by atoms with Crippen LogP contribution in [0, 0.1) is 0 Å². The fourth-order valence-electron chi connectivity index (χ4n) is 2.89. The van der Waals surface area contributed by atoms with Gasteiger partial charge in [0.05, 0.1) is 6.61 Å². The van der Waals surface area contributed by atoms with Gasteiger partial charge in [-0.1, -0.05) is 61.7 Å². The number of phenols is 1. The summed E-state index contributed by atoms with van der Waals surface area (Å²) in [4.78, 5) is 12.1. The van der Waals surface area contributed by atoms with Crippen molar-refractivity contribution in [2.24, 2.45) is 0 Å². The molecular weight excluding hydrogens is 400 g/mol. The maximum absolute atomic E-state index is 12.1. The number of ether oxygens (including phenoxy) is 2. The lowest BCUT2D eigenvalue weighted by atomic mass is 10.0. The minimum atomic E-state index is -0.443. The number of aromatic hydroxyl groups is 1. The van der Waals surface area contributed by atoms with Gasteiger partial charge < -0.3 is 14.6 Å². The van der Waals surface area contributed by atoms with Crippen LogP contribution in [0.2, 0.25) is 0 Å². The number of hydrogen-bond acceptors (Lipinski definition) is 4. The van der Waals surface area contributed by atoms with Crippen molar-refractivity contribution in [2.45, 2.75) is 13.3 Å². The Labute approximate surface area is 188 Å². The number of esters is 1. The number of carbonyl (C=O) groups is 1. The highest BCUT2D eigenvalue weighted by atomic mass is 16.5. The number of rotatable bonds is 9. The van der Waals surface area contributed by atoms with Crippen LogP contribution in [0.3, 0.4) is 0 Å². The summed E-state index contributed by atoms with van der Waals surface area (Å²) in [5.74, 6) is 0.873. The van der Waals surface area contributed by atoms with Gasteiger partial charge in [-0.25, -0.2) is 4.79 Å². The van der Waals surface area contributed by atoms with Crippen LogP contribution in [0.15, 0.2) is 103 Å². The zero-order chi connectivity index (χ0) is 22.9. The Morgan fingerprint density at radius 3 is 2.09 bits per heavy atom. The van der Waals surface area contributed by atoms with Crippen LogP contribution in [0.1, 0.15) is 18.1 Å². The second kappa shape index (κ2) is 10.8. The molecule has 0 radical (unpaired) electrons. The molecule has 0 aromatic heterocycles. The van der Waals surface area contributed by atoms with Crippen molar-refractivity contribution in [1.82, 2.24) is 0 Å². The third-order valence-corrected chi connectivity index (χ3v) is 4.81. The van der Waals surface area contributed by atoms with Crippen LogP contribution in [0.25, 0.3) is 17.2 Å². The quantitative estimate of drug-likeness (QED) is 0.143. The second-order valence-corrected chi connectivity index (χ2v) is 7.37. The highest BCUT2D eigenvalue weighted by Crippen LogP contribution is 2.22. The average Bonchev–Trinajstić information content (AvgIpc) is 2.79. The molecule has 0 fully saturated rings. The zero-order valence-electron chi connectivity index (χ0n) is 18.1. The van der Waals surface area contributed by atoms with E-state index in [1.165, 1.54) is 6.08 Å². The molecule has 0 aliphatic rings. The van der Waals surface area contributed by atoms with Gasteiger partial charge in [-0.2, -0.15) is 0 Å². The number of hydrogen-bond donors (Lipinski definition) is 1. The third kappa shape index (κ3) is 6.74. The second-order valence-electron chi connectivity index (χ2n) is 7.37. The monoisotopic (exact) mass is 426 g/mol. The van der Waals surface area contributed by atoms with Crippen LogP contribution < -0.4 is 4.74 Å². The van der Waals surface area contributed by atoms with E-state index in [4.69, 9.17) is 9.47 Å². The summed E-state index contributed by atoms with van der Waals surface area (Å²) >= 11 is 0. The van der Waals surface area contributed by atoms with Crippen molar-refractivity contribution in [3.05, 3.63) is 114 Å². The molecule has 162 valence electrons. The molecule has 32 heavy (non-hydrogen) atoms. The van der Waals surface area contributed by atoms with Crippen LogP contribution in [-0.4, -0.2) is 17.7 Å². The minimum Gasteiger partial charge on any atom is -0.508 e. The van der Waals surface area contributed by atoms with E-state index in [-0.39, 0.29) is 5.75 Å². The molecule has 4 nitrogen and oxygen atoms in total. The first-order valence-electron chi connectivity index (χ1n) is 10.3. The molecule has 3 aromatic rings. The fraction of sp³-hybridized carbons (Fsp3) is 0.107. The van der Waals surface area contributed by atoms with E-state index in [1.54, 1.807) is 30.3 Å². The summed E-state index contributed by atoms with van der Waals surface area (Å²) in [7, 11) is 0. The SMILES string of the molecule is C=C(C)C(=C)OCCc1ccc(OC(=O)/C=C/c2ccc(-c3ccc(O)cc3)cc2)cc1. The number of phenolic OH excluding ortho intramolecular Hbond substituents is 1. The molecule has 0 saturated carbocycles. The number of allylic oxidation sites excluding steroid dienone is 1. The summed E-state index contributed by atoms with van der Waals surface area (Å²) in [5.41, 5.74) is 4.81. The summed E-state index contributed by atoms with van der Waals surface area (Å²) < 4.78 is 10.9. The minimum absolute atomic E-state index is 0.236. The third-order valence-electron chi connectivity index (χ3n) is 4.81. The van der Waals surface area contributed by atoms with Gasteiger partial charge in [-0.05, 0) is 65.1 Å². The molecule has 0 aliphatic carbocycles. The van der Waals surface area contributed by atoms with Gasteiger partial charge in [-0.15, -0.1) is 0 Å². The Bertz CT molecular complexity index is 1110. The zero-order valence-corrected chi connectivity index (χ0v) is 18.1. The Kier molecular flexibility index (Phi) is 7.65. The Hall–Kier alpha value is -4.05. The molecule has 1 N–H and O–H groups in total. The van der Waals surface area contributed by atoms with Crippen LogP contribution in [0.4, 0.5) is 0 Å². The van der Waals surface area contributed by atoms with Gasteiger partial charge in [0, 0.05) is 12.5 Å². The smallest absolute Gasteiger partial charge is 0.336 e. The van der Waals surface area contributed by atoms with Crippen LogP contribution in [0.5, 0.6) is 11.5 Å². The summed E-state index contributed by atoms with van der Waals surface area (Å²) in [5, 5.41) is 9.39. The van der Waals surface area contributed by atoms with E-state index >= 15 is 0 Å². The van der Waals surface area contributed by atoms with Crippen molar-refractivity contribution in [3.8, 4) is 22.6 Å². The van der Waals surface area contributed by atoms with Gasteiger partial charge >= 0.3 is 5.97 Å². The molecule has 0 spiro atoms. The molecule has 0 aliphatic heterocycles. The van der Waals surface area contributed by atoms with Gasteiger partial charge in [-0.3, -0.25) is 0 Å². The van der Waals surface area contributed by atoms with Crippen molar-refractivity contribution in [3.63, 3.8) is 0 Å². The van der Waals surface area contributed by atoms with Crippen LogP contribution in [-0.2, 0) is 16.0 Å². The first kappa shape index (κ1) is 22.6. The number of carbonyl (C=O) groups excluding carboxylic acids is 1. The molecule has 0 saturated heterocycles. The van der Waals surface area contributed by atoms with Crippen molar-refractivity contribution < 1.29 is 19.4 Å². The van der Waals surface area contributed by atoms with E-state index in [2.05, 4.69) is 13.2 Å². The van der Waals surface area contributed by atoms with E-state index in [9.17, 15) is 9.90 Å². The first-order chi connectivity index (χ1) is 15.4. The summed E-state index contributed by atoms with van der Waals surface area (Å²) in [6.45, 7) is 9.95. The lowest BCUT2D eigenvalue weighted by Gasteiger charge is -2.09. The van der Waals surface area contributed by atoms with Crippen LogP contribution >= 0.6 is 0 Å². The molecular formula is C28H26O4. The van der Waals surface area contributed by atoms with Gasteiger partial charge in [0.25, 0.3) is 0 Å². The summed E-state index contributed by atoms with van der Waals surface area (Å²) in [6, 6.07) is 22.1. The summed E-state index contributed by atoms with van der Waals surface area (Å²) in [6.07, 6.45) is 3.84. The highest BCUT2D eigenvalue weighted by molar-refractivity contribution is 5.88. The number of benzene rings is 3. The fourth-order valence-corrected chi connectivity index (χ4v) is 2.89. The van der Waals surface area contributed by atoms with E-state index in [0.717, 1.165) is 34.2 Å². The molecule has 4 heteroatoms. The molecule has 3 aromatic carbocycles. The Morgan fingerprint density at radius 2 is 1.50 bits per heavy atom. The predicted molar refractivity (Wildman–Crippen MR) is 128 cm³/mol. The van der Waals surface area contributed by atoms with E-state index in [0.29, 0.717) is 18.1 Å². The largest absolute Gasteiger partial charge is 0.508 e. The van der Waals surface area contributed by atoms with Gasteiger partial charge in [0.15, 0.2) is 0 Å². The standard InChI is InChI=1S/C28H26O4/c1-20(2)21(3)31-19-18-23-6-15-27(16-7-23)32-28(30)17-8-22-4-9-24(10-5-22)25-11-13-26(29)14-12-25/h4-17,29H,1,3,18-19H2,2H3/b17-8+. The average molecular weight is 427 g/mol. The molecule has 3 rings (SSSR count).